The zero-order valence-corrected chi connectivity index (χ0v) is 21.8. The van der Waals surface area contributed by atoms with Crippen LogP contribution >= 0.6 is 0 Å². The summed E-state index contributed by atoms with van der Waals surface area (Å²) in [5.74, 6) is 0.0922. The average molecular weight is 533 g/mol. The van der Waals surface area contributed by atoms with E-state index in [2.05, 4.69) is 10.2 Å². The van der Waals surface area contributed by atoms with Crippen LogP contribution in [0.25, 0.3) is 10.9 Å². The van der Waals surface area contributed by atoms with Crippen molar-refractivity contribution in [2.45, 2.75) is 18.0 Å². The molecule has 2 N–H and O–H groups in total. The molecule has 4 aromatic rings. The summed E-state index contributed by atoms with van der Waals surface area (Å²) in [6.45, 7) is 1.82. The largest absolute Gasteiger partial charge is 0.497 e. The van der Waals surface area contributed by atoms with Gasteiger partial charge in [-0.2, -0.15) is 0 Å². The van der Waals surface area contributed by atoms with E-state index >= 15 is 0 Å². The second kappa shape index (κ2) is 9.66. The number of hydrogen-bond donors (Lipinski definition) is 2. The van der Waals surface area contributed by atoms with Gasteiger partial charge < -0.3 is 24.6 Å². The summed E-state index contributed by atoms with van der Waals surface area (Å²) in [4.78, 5) is 17.5. The Bertz CT molecular complexity index is 1550. The van der Waals surface area contributed by atoms with Gasteiger partial charge >= 0.3 is 6.03 Å². The van der Waals surface area contributed by atoms with Crippen LogP contribution in [0.5, 0.6) is 5.75 Å². The lowest BCUT2D eigenvalue weighted by Crippen LogP contribution is -2.67. The summed E-state index contributed by atoms with van der Waals surface area (Å²) >= 11 is 0. The number of halogens is 2. The Morgan fingerprint density at radius 3 is 2.51 bits per heavy atom. The molecule has 6 rings (SSSR count). The molecule has 2 aliphatic heterocycles. The minimum atomic E-state index is -0.588. The van der Waals surface area contributed by atoms with Crippen molar-refractivity contribution in [3.05, 3.63) is 95.2 Å². The molecule has 9 heteroatoms. The van der Waals surface area contributed by atoms with Gasteiger partial charge in [-0.25, -0.2) is 13.6 Å². The normalized spacial score (nSPS) is 18.2. The molecule has 2 amide bonds. The number of carbonyl (C=O) groups is 1. The maximum Gasteiger partial charge on any atom is 0.322 e. The van der Waals surface area contributed by atoms with Crippen molar-refractivity contribution < 1.29 is 23.4 Å². The van der Waals surface area contributed by atoms with Crippen LogP contribution in [0.2, 0.25) is 0 Å². The molecule has 7 nitrogen and oxygen atoms in total. The van der Waals surface area contributed by atoms with Crippen LogP contribution in [0.15, 0.2) is 66.7 Å². The van der Waals surface area contributed by atoms with Gasteiger partial charge in [-0.15, -0.1) is 0 Å². The number of amides is 2. The van der Waals surface area contributed by atoms with Gasteiger partial charge in [0.2, 0.25) is 0 Å². The fourth-order valence-corrected chi connectivity index (χ4v) is 6.35. The Hall–Kier alpha value is -3.95. The Morgan fingerprint density at radius 2 is 1.82 bits per heavy atom. The zero-order chi connectivity index (χ0) is 27.3. The van der Waals surface area contributed by atoms with Crippen LogP contribution in [-0.4, -0.2) is 58.9 Å². The van der Waals surface area contributed by atoms with E-state index < -0.39 is 17.3 Å². The number of aliphatic hydroxyl groups is 1. The van der Waals surface area contributed by atoms with E-state index in [1.807, 2.05) is 35.9 Å². The molecule has 2 aliphatic rings. The molecule has 0 radical (unpaired) electrons. The molecule has 3 aromatic carbocycles. The monoisotopic (exact) mass is 532 g/mol. The number of urea groups is 1. The first kappa shape index (κ1) is 25.3. The topological polar surface area (TPSA) is 70.0 Å². The van der Waals surface area contributed by atoms with Gasteiger partial charge in [0.25, 0.3) is 0 Å². The van der Waals surface area contributed by atoms with E-state index in [0.29, 0.717) is 37.4 Å². The number of likely N-dealkylation sites (tertiary alicyclic amines) is 1. The van der Waals surface area contributed by atoms with E-state index in [4.69, 9.17) is 4.74 Å². The Labute approximate surface area is 225 Å². The predicted molar refractivity (Wildman–Crippen MR) is 145 cm³/mol. The number of hydrogen-bond acceptors (Lipinski definition) is 4. The molecule has 1 spiro atoms. The summed E-state index contributed by atoms with van der Waals surface area (Å²) in [6, 6.07) is 17.3. The molecule has 1 saturated heterocycles. The number of methoxy groups -OCH3 is 1. The molecular weight excluding hydrogens is 502 g/mol. The van der Waals surface area contributed by atoms with E-state index in [1.165, 1.54) is 30.3 Å². The van der Waals surface area contributed by atoms with E-state index in [9.17, 15) is 18.7 Å². The first-order chi connectivity index (χ1) is 18.8. The van der Waals surface area contributed by atoms with Crippen molar-refractivity contribution in [1.82, 2.24) is 14.4 Å². The lowest BCUT2D eigenvalue weighted by Gasteiger charge is -2.56. The quantitative estimate of drug-likeness (QED) is 0.388. The molecule has 0 unspecified atom stereocenters. The number of aryl methyl sites for hydroxylation is 1. The average Bonchev–Trinajstić information content (AvgIpc) is 3.22. The van der Waals surface area contributed by atoms with Crippen molar-refractivity contribution in [3.63, 3.8) is 0 Å². The summed E-state index contributed by atoms with van der Waals surface area (Å²) in [7, 11) is 3.56. The number of benzene rings is 3. The Kier molecular flexibility index (Phi) is 6.28. The molecule has 3 heterocycles. The third kappa shape index (κ3) is 4.22. The molecule has 202 valence electrons. The fraction of sp³-hybridized carbons (Fsp3) is 0.300. The summed E-state index contributed by atoms with van der Waals surface area (Å²) in [5.41, 5.74) is 3.61. The molecule has 1 atom stereocenters. The first-order valence-corrected chi connectivity index (χ1v) is 12.9. The van der Waals surface area contributed by atoms with Crippen LogP contribution in [-0.2, 0) is 19.0 Å². The van der Waals surface area contributed by atoms with Crippen molar-refractivity contribution in [3.8, 4) is 5.75 Å². The van der Waals surface area contributed by atoms with Gasteiger partial charge in [0.05, 0.1) is 25.3 Å². The molecule has 39 heavy (non-hydrogen) atoms. The minimum Gasteiger partial charge on any atom is -0.497 e. The number of ether oxygens (including phenoxy) is 1. The highest BCUT2D eigenvalue weighted by atomic mass is 19.1. The van der Waals surface area contributed by atoms with Crippen molar-refractivity contribution >= 4 is 22.6 Å². The molecule has 0 aliphatic carbocycles. The van der Waals surface area contributed by atoms with Crippen LogP contribution in [0.1, 0.15) is 22.9 Å². The van der Waals surface area contributed by atoms with Crippen molar-refractivity contribution in [2.24, 2.45) is 7.05 Å². The van der Waals surface area contributed by atoms with Crippen LogP contribution in [0, 0.1) is 11.6 Å². The van der Waals surface area contributed by atoms with Gasteiger partial charge in [0.1, 0.15) is 17.4 Å². The van der Waals surface area contributed by atoms with Gasteiger partial charge in [0.15, 0.2) is 0 Å². The van der Waals surface area contributed by atoms with Crippen molar-refractivity contribution in [2.75, 3.05) is 38.7 Å². The van der Waals surface area contributed by atoms with Gasteiger partial charge in [-0.05, 0) is 48.0 Å². The van der Waals surface area contributed by atoms with E-state index in [1.54, 1.807) is 24.1 Å². The third-order valence-corrected chi connectivity index (χ3v) is 8.08. The molecular formula is C30H30F2N4O3. The highest BCUT2D eigenvalue weighted by Crippen LogP contribution is 2.50. The van der Waals surface area contributed by atoms with Crippen LogP contribution in [0.3, 0.4) is 0 Å². The Morgan fingerprint density at radius 1 is 1.08 bits per heavy atom. The lowest BCUT2D eigenvalue weighted by molar-refractivity contribution is 0.00714. The first-order valence-electron chi connectivity index (χ1n) is 12.9. The number of fused-ring (bicyclic) bond motifs is 4. The lowest BCUT2D eigenvalue weighted by atomic mass is 9.68. The molecule has 0 bridgehead atoms. The highest BCUT2D eigenvalue weighted by Gasteiger charge is 2.54. The SMILES string of the molecule is COc1ccc2c3c(n(C)c2c1)[C@@H](CO)N(C(=O)Nc1ccc(F)cc1)CC31CN(Cc2ccccc2F)C1. The van der Waals surface area contributed by atoms with Gasteiger partial charge in [-0.1, -0.05) is 18.2 Å². The minimum absolute atomic E-state index is 0.235. The molecule has 1 fully saturated rings. The number of nitrogens with zero attached hydrogens (tertiary/aromatic N) is 3. The maximum absolute atomic E-state index is 14.4. The van der Waals surface area contributed by atoms with Crippen molar-refractivity contribution in [1.29, 1.82) is 0 Å². The van der Waals surface area contributed by atoms with Gasteiger partial charge in [0, 0.05) is 67.0 Å². The maximum atomic E-state index is 14.4. The highest BCUT2D eigenvalue weighted by molar-refractivity contribution is 5.92. The predicted octanol–water partition coefficient (Wildman–Crippen LogP) is 4.80. The summed E-state index contributed by atoms with van der Waals surface area (Å²) in [5, 5.41) is 14.5. The van der Waals surface area contributed by atoms with E-state index in [-0.39, 0.29) is 18.5 Å². The second-order valence-corrected chi connectivity index (χ2v) is 10.5. The van der Waals surface area contributed by atoms with Gasteiger partial charge in [-0.3, -0.25) is 4.90 Å². The number of anilines is 1. The number of aliphatic hydroxyl groups excluding tert-OH is 1. The number of rotatable bonds is 5. The third-order valence-electron chi connectivity index (χ3n) is 8.08. The summed E-state index contributed by atoms with van der Waals surface area (Å²) < 4.78 is 35.4. The standard InChI is InChI=1S/C30H30F2N4O3/c1-34-25-13-22(39-2)11-12-23(25)27-28(34)26(15-37)36(29(38)33-21-9-7-20(31)8-10-21)18-30(27)16-35(17-30)14-19-5-3-4-6-24(19)32/h3-13,26,37H,14-18H2,1-2H3,(H,33,38)/t26-/m1/s1. The second-order valence-electron chi connectivity index (χ2n) is 10.5. The van der Waals surface area contributed by atoms with Crippen LogP contribution < -0.4 is 10.1 Å². The number of nitrogens with one attached hydrogen (secondary N) is 1. The number of aromatic nitrogens is 1. The smallest absolute Gasteiger partial charge is 0.322 e. The molecule has 0 saturated carbocycles. The number of carbonyl (C=O) groups excluding carboxylic acids is 1. The molecule has 1 aromatic heterocycles. The summed E-state index contributed by atoms with van der Waals surface area (Å²) in [6.07, 6.45) is 0. The Balaban J connectivity index is 1.40. The van der Waals surface area contributed by atoms with E-state index in [0.717, 1.165) is 27.9 Å². The van der Waals surface area contributed by atoms with Crippen LogP contribution in [0.4, 0.5) is 19.3 Å². The fourth-order valence-electron chi connectivity index (χ4n) is 6.35. The zero-order valence-electron chi connectivity index (χ0n) is 21.8.